The highest BCUT2D eigenvalue weighted by atomic mass is 35.5. The van der Waals surface area contributed by atoms with Gasteiger partial charge in [-0.2, -0.15) is 0 Å². The van der Waals surface area contributed by atoms with Crippen molar-refractivity contribution in [1.29, 1.82) is 0 Å². The lowest BCUT2D eigenvalue weighted by Gasteiger charge is -2.35. The molecule has 1 aliphatic rings. The van der Waals surface area contributed by atoms with Crippen LogP contribution in [-0.2, 0) is 20.8 Å². The van der Waals surface area contributed by atoms with Gasteiger partial charge in [0.25, 0.3) is 0 Å². The van der Waals surface area contributed by atoms with Crippen LogP contribution in [0.3, 0.4) is 0 Å². The van der Waals surface area contributed by atoms with E-state index in [1.165, 1.54) is 31.4 Å². The van der Waals surface area contributed by atoms with Crippen molar-refractivity contribution in [3.8, 4) is 34.1 Å². The molecule has 308 valence electrons. The molecule has 0 bridgehead atoms. The van der Waals surface area contributed by atoms with Gasteiger partial charge in [0.05, 0.1) is 36.8 Å². The molecule has 2 unspecified atom stereocenters. The van der Waals surface area contributed by atoms with Crippen LogP contribution < -0.4 is 30.6 Å². The second-order valence-electron chi connectivity index (χ2n) is 14.0. The summed E-state index contributed by atoms with van der Waals surface area (Å²) in [6.45, 7) is 7.93. The number of allylic oxidation sites excluding steroid dienone is 2. The van der Waals surface area contributed by atoms with Crippen molar-refractivity contribution in [2.75, 3.05) is 46.9 Å². The summed E-state index contributed by atoms with van der Waals surface area (Å²) in [5.74, 6) is -0.895. The summed E-state index contributed by atoms with van der Waals surface area (Å²) in [5.41, 5.74) is 6.81. The van der Waals surface area contributed by atoms with Crippen molar-refractivity contribution in [3.63, 3.8) is 0 Å². The average Bonchev–Trinajstić information content (AvgIpc) is 3.17. The Bertz CT molecular complexity index is 1930. The monoisotopic (exact) mass is 807 g/mol. The first kappa shape index (κ1) is 44.4. The normalized spacial score (nSPS) is 14.4. The zero-order valence-electron chi connectivity index (χ0n) is 33.2. The van der Waals surface area contributed by atoms with Gasteiger partial charge in [-0.05, 0) is 80.4 Å². The highest BCUT2D eigenvalue weighted by Crippen LogP contribution is 2.44. The first-order valence-corrected chi connectivity index (χ1v) is 19.4. The molecule has 15 heteroatoms. The van der Waals surface area contributed by atoms with E-state index in [0.717, 1.165) is 25.7 Å². The van der Waals surface area contributed by atoms with Gasteiger partial charge in [-0.1, -0.05) is 49.9 Å². The van der Waals surface area contributed by atoms with Gasteiger partial charge >= 0.3 is 6.09 Å². The van der Waals surface area contributed by atoms with E-state index in [9.17, 15) is 29.4 Å². The number of phenolic OH excluding ortho intramolecular Hbond substituents is 1. The Labute approximate surface area is 338 Å². The summed E-state index contributed by atoms with van der Waals surface area (Å²) in [4.78, 5) is 57.2. The number of carbonyl (C=O) groups is 4. The number of unbranched alkanes of at least 4 members (excludes halogenated alkanes) is 3. The van der Waals surface area contributed by atoms with Gasteiger partial charge < -0.3 is 50.6 Å². The molecule has 0 radical (unpaired) electrons. The van der Waals surface area contributed by atoms with Crippen molar-refractivity contribution >= 4 is 35.4 Å². The molecular weight excluding hydrogens is 754 g/mol. The largest absolute Gasteiger partial charge is 0.507 e. The number of aliphatic hydroxyl groups excluding tert-OH is 1. The first-order valence-electron chi connectivity index (χ1n) is 19.1. The Morgan fingerprint density at radius 1 is 0.982 bits per heavy atom. The number of aliphatic hydroxyl groups is 1. The highest BCUT2D eigenvalue weighted by molar-refractivity contribution is 6.32. The van der Waals surface area contributed by atoms with Gasteiger partial charge in [0, 0.05) is 49.9 Å². The van der Waals surface area contributed by atoms with E-state index < -0.39 is 42.4 Å². The number of aromatic hydroxyl groups is 1. The number of hydrogen-bond acceptors (Lipinski definition) is 10. The number of phenols is 1. The number of piperazine rings is 1. The second-order valence-corrected chi connectivity index (χ2v) is 14.4. The average molecular weight is 808 g/mol. The Morgan fingerprint density at radius 3 is 2.37 bits per heavy atom. The maximum absolute atomic E-state index is 14.6. The quantitative estimate of drug-likeness (QED) is 0.0778. The molecule has 1 heterocycles. The molecule has 3 aromatic rings. The Morgan fingerprint density at radius 2 is 1.72 bits per heavy atom. The van der Waals surface area contributed by atoms with Crippen LogP contribution in [0.25, 0.3) is 11.1 Å². The number of carbonyl (C=O) groups excluding carboxylic acids is 4. The number of rotatable bonds is 18. The molecule has 0 aliphatic carbocycles. The Balaban J connectivity index is 1.80. The van der Waals surface area contributed by atoms with Crippen molar-refractivity contribution < 1.29 is 43.6 Å². The number of nitrogens with two attached hydrogens (primary N) is 1. The van der Waals surface area contributed by atoms with E-state index in [1.54, 1.807) is 42.2 Å². The number of halogens is 1. The lowest BCUT2D eigenvalue weighted by molar-refractivity contribution is -0.138. The van der Waals surface area contributed by atoms with E-state index in [-0.39, 0.29) is 45.4 Å². The molecule has 6 N–H and O–H groups in total. The Hall–Kier alpha value is -5.31. The lowest BCUT2D eigenvalue weighted by atomic mass is 9.90. The maximum atomic E-state index is 14.6. The smallest absolute Gasteiger partial charge is 0.412 e. The molecule has 1 aliphatic heterocycles. The minimum Gasteiger partial charge on any atom is -0.507 e. The predicted molar refractivity (Wildman–Crippen MR) is 217 cm³/mol. The van der Waals surface area contributed by atoms with Crippen LogP contribution in [0.4, 0.5) is 4.79 Å². The van der Waals surface area contributed by atoms with E-state index >= 15 is 0 Å². The Kier molecular flexibility index (Phi) is 16.6. The molecule has 4 rings (SSSR count). The molecule has 0 spiro atoms. The van der Waals surface area contributed by atoms with Crippen LogP contribution >= 0.6 is 11.6 Å². The van der Waals surface area contributed by atoms with E-state index in [1.807, 2.05) is 14.0 Å². The number of primary amides is 1. The maximum Gasteiger partial charge on any atom is 0.412 e. The number of likely N-dealkylation sites (N-methyl/N-ethyl adjacent to an activating group) is 1. The standard InChI is InChI=1S/C42H54ClN5O9/c1-6-8-9-10-15-45-42(54)57-29-23-31(39(36(24-29)55-5)30-20-27(21-37(44)51)11-13-33(30)49)40(41(53)48-18-16-47(4)17-19-48)46-38(52)25-34(50)28-12-14-35(32(43)22-28)56-26(3)7-2/h7,11-14,20,22-24,34,40,49-50H,6,8-10,15-19,21,25H2,1-5H3,(H2,44,51)(H,45,54)(H,46,52). The molecule has 0 aromatic heterocycles. The van der Waals surface area contributed by atoms with Gasteiger partial charge in [-0.15, -0.1) is 0 Å². The minimum atomic E-state index is -1.43. The van der Waals surface area contributed by atoms with Gasteiger partial charge in [0.2, 0.25) is 17.7 Å². The lowest BCUT2D eigenvalue weighted by Crippen LogP contribution is -2.51. The van der Waals surface area contributed by atoms with E-state index in [0.29, 0.717) is 55.4 Å². The van der Waals surface area contributed by atoms with Crippen LogP contribution in [0, 0.1) is 0 Å². The molecule has 57 heavy (non-hydrogen) atoms. The summed E-state index contributed by atoms with van der Waals surface area (Å²) < 4.78 is 17.2. The third kappa shape index (κ3) is 12.6. The SMILES string of the molecule is CC=C(C)Oc1ccc(C(O)CC(=O)NC(C(=O)N2CCN(C)CC2)c2cc(OC(=O)NCCCCCC)cc(OC)c2-c2cc(CC(N)=O)ccc2O)cc1Cl. The number of benzene rings is 3. The number of nitrogens with one attached hydrogen (secondary N) is 2. The summed E-state index contributed by atoms with van der Waals surface area (Å²) >= 11 is 6.45. The van der Waals surface area contributed by atoms with Crippen molar-refractivity contribution in [2.24, 2.45) is 5.73 Å². The van der Waals surface area contributed by atoms with E-state index in [2.05, 4.69) is 22.5 Å². The van der Waals surface area contributed by atoms with Crippen molar-refractivity contribution in [1.82, 2.24) is 20.4 Å². The van der Waals surface area contributed by atoms with Crippen LogP contribution in [0.15, 0.2) is 60.4 Å². The molecule has 3 aromatic carbocycles. The van der Waals surface area contributed by atoms with Crippen molar-refractivity contribution in [3.05, 3.63) is 82.1 Å². The zero-order valence-corrected chi connectivity index (χ0v) is 34.0. The summed E-state index contributed by atoms with van der Waals surface area (Å²) in [7, 11) is 3.31. The summed E-state index contributed by atoms with van der Waals surface area (Å²) in [5, 5.41) is 28.3. The van der Waals surface area contributed by atoms with Gasteiger partial charge in [0.15, 0.2) is 0 Å². The van der Waals surface area contributed by atoms with Crippen LogP contribution in [-0.4, -0.2) is 90.7 Å². The van der Waals surface area contributed by atoms with Gasteiger partial charge in [-0.3, -0.25) is 14.4 Å². The number of methoxy groups -OCH3 is 1. The first-order chi connectivity index (χ1) is 27.2. The third-order valence-corrected chi connectivity index (χ3v) is 9.92. The molecule has 2 atom stereocenters. The number of amides is 4. The van der Waals surface area contributed by atoms with Gasteiger partial charge in [0.1, 0.15) is 29.0 Å². The number of hydrogen-bond donors (Lipinski definition) is 5. The fourth-order valence-corrected chi connectivity index (χ4v) is 6.59. The molecular formula is C42H54ClN5O9. The van der Waals surface area contributed by atoms with Crippen molar-refractivity contribution in [2.45, 2.75) is 71.4 Å². The van der Waals surface area contributed by atoms with Crippen LogP contribution in [0.5, 0.6) is 23.0 Å². The molecule has 14 nitrogen and oxygen atoms in total. The minimum absolute atomic E-state index is 0.00000458. The molecule has 1 fully saturated rings. The fourth-order valence-electron chi connectivity index (χ4n) is 6.36. The second kappa shape index (κ2) is 21.3. The highest BCUT2D eigenvalue weighted by Gasteiger charge is 2.34. The fraction of sp³-hybridized carbons (Fsp3) is 0.429. The zero-order chi connectivity index (χ0) is 41.6. The predicted octanol–water partition coefficient (Wildman–Crippen LogP) is 5.78. The summed E-state index contributed by atoms with van der Waals surface area (Å²) in [6.07, 6.45) is 2.89. The molecule has 1 saturated heterocycles. The third-order valence-electron chi connectivity index (χ3n) is 9.62. The van der Waals surface area contributed by atoms with Crippen LogP contribution in [0.2, 0.25) is 5.02 Å². The number of nitrogens with zero attached hydrogens (tertiary/aromatic N) is 2. The van der Waals surface area contributed by atoms with E-state index in [4.69, 9.17) is 31.5 Å². The molecule has 0 saturated carbocycles. The summed E-state index contributed by atoms with van der Waals surface area (Å²) in [6, 6.07) is 10.6. The topological polar surface area (TPSA) is 193 Å². The molecule has 4 amide bonds. The number of ether oxygens (including phenoxy) is 3. The van der Waals surface area contributed by atoms with Crippen LogP contribution in [0.1, 0.15) is 81.7 Å². The van der Waals surface area contributed by atoms with Gasteiger partial charge in [-0.25, -0.2) is 4.79 Å².